The van der Waals surface area contributed by atoms with Crippen molar-refractivity contribution in [2.45, 2.75) is 6.92 Å². The summed E-state index contributed by atoms with van der Waals surface area (Å²) in [5, 5.41) is 11.7. The van der Waals surface area contributed by atoms with Gasteiger partial charge in [0.05, 0.1) is 24.4 Å². The number of ether oxygens (including phenoxy) is 1. The Bertz CT molecular complexity index is 698. The van der Waals surface area contributed by atoms with Crippen LogP contribution >= 0.6 is 0 Å². The summed E-state index contributed by atoms with van der Waals surface area (Å²) < 4.78 is 5.07. The Kier molecular flexibility index (Phi) is 4.18. The molecule has 1 heterocycles. The van der Waals surface area contributed by atoms with Gasteiger partial charge in [0.25, 0.3) is 5.91 Å². The number of carbonyl (C=O) groups is 2. The second-order valence-corrected chi connectivity index (χ2v) is 4.36. The fourth-order valence-corrected chi connectivity index (χ4v) is 1.86. The number of anilines is 1. The first kappa shape index (κ1) is 14.5. The Hall–Kier alpha value is -2.89. The largest absolute Gasteiger partial charge is 0.494 e. The van der Waals surface area contributed by atoms with Gasteiger partial charge in [0.2, 0.25) is 0 Å². The third-order valence-electron chi connectivity index (χ3n) is 2.97. The number of aromatic carboxylic acids is 1. The highest BCUT2D eigenvalue weighted by atomic mass is 16.5. The first-order chi connectivity index (χ1) is 10.0. The lowest BCUT2D eigenvalue weighted by atomic mass is 10.1. The maximum Gasteiger partial charge on any atom is 0.336 e. The molecule has 1 aromatic carbocycles. The van der Waals surface area contributed by atoms with Gasteiger partial charge in [-0.2, -0.15) is 0 Å². The van der Waals surface area contributed by atoms with Crippen LogP contribution in [0.1, 0.15) is 26.3 Å². The van der Waals surface area contributed by atoms with Crippen LogP contribution in [0.3, 0.4) is 0 Å². The quantitative estimate of drug-likeness (QED) is 0.900. The lowest BCUT2D eigenvalue weighted by Gasteiger charge is -2.10. The van der Waals surface area contributed by atoms with Crippen molar-refractivity contribution < 1.29 is 19.4 Å². The topological polar surface area (TPSA) is 88.5 Å². The highest BCUT2D eigenvalue weighted by molar-refractivity contribution is 6.06. The minimum atomic E-state index is -1.04. The Balaban J connectivity index is 2.28. The van der Waals surface area contributed by atoms with Crippen LogP contribution in [-0.2, 0) is 0 Å². The molecule has 0 unspecified atom stereocenters. The molecular weight excluding hydrogens is 272 g/mol. The highest BCUT2D eigenvalue weighted by Crippen LogP contribution is 2.20. The number of pyridine rings is 1. The summed E-state index contributed by atoms with van der Waals surface area (Å²) in [4.78, 5) is 27.2. The third kappa shape index (κ3) is 3.17. The molecule has 0 aliphatic carbocycles. The minimum Gasteiger partial charge on any atom is -0.494 e. The predicted molar refractivity (Wildman–Crippen MR) is 76.9 cm³/mol. The fourth-order valence-electron chi connectivity index (χ4n) is 1.86. The van der Waals surface area contributed by atoms with Crippen molar-refractivity contribution in [3.63, 3.8) is 0 Å². The molecule has 108 valence electrons. The molecule has 0 radical (unpaired) electrons. The van der Waals surface area contributed by atoms with Crippen molar-refractivity contribution in [2.75, 3.05) is 12.4 Å². The normalized spacial score (nSPS) is 10.0. The summed E-state index contributed by atoms with van der Waals surface area (Å²) in [6.07, 6.45) is 2.92. The predicted octanol–water partition coefficient (Wildman–Crippen LogP) is 2.35. The number of aromatic nitrogens is 1. The van der Waals surface area contributed by atoms with Gasteiger partial charge in [-0.05, 0) is 30.7 Å². The van der Waals surface area contributed by atoms with Crippen molar-refractivity contribution in [1.29, 1.82) is 0 Å². The SMILES string of the molecule is COc1cnccc1C(=O)Nc1ccc(C)c(C(=O)O)c1. The van der Waals surface area contributed by atoms with E-state index in [0.717, 1.165) is 0 Å². The summed E-state index contributed by atoms with van der Waals surface area (Å²) in [5.74, 6) is -1.08. The maximum atomic E-state index is 12.2. The van der Waals surface area contributed by atoms with Gasteiger partial charge in [-0.15, -0.1) is 0 Å². The van der Waals surface area contributed by atoms with Crippen molar-refractivity contribution >= 4 is 17.6 Å². The number of carbonyl (C=O) groups excluding carboxylic acids is 1. The number of amides is 1. The standard InChI is InChI=1S/C15H14N2O4/c1-9-3-4-10(7-12(9)15(19)20)17-14(18)11-5-6-16-8-13(11)21-2/h3-8H,1-2H3,(H,17,18)(H,19,20). The van der Waals surface area contributed by atoms with Gasteiger partial charge < -0.3 is 15.2 Å². The van der Waals surface area contributed by atoms with Gasteiger partial charge in [0, 0.05) is 11.9 Å². The zero-order valence-electron chi connectivity index (χ0n) is 11.6. The van der Waals surface area contributed by atoms with E-state index in [2.05, 4.69) is 10.3 Å². The number of rotatable bonds is 4. The maximum absolute atomic E-state index is 12.2. The number of methoxy groups -OCH3 is 1. The smallest absolute Gasteiger partial charge is 0.336 e. The van der Waals surface area contributed by atoms with Crippen LogP contribution in [0.25, 0.3) is 0 Å². The van der Waals surface area contributed by atoms with Crippen LogP contribution in [-0.4, -0.2) is 29.1 Å². The van der Waals surface area contributed by atoms with Gasteiger partial charge in [-0.25, -0.2) is 4.79 Å². The van der Waals surface area contributed by atoms with Gasteiger partial charge in [-0.3, -0.25) is 9.78 Å². The lowest BCUT2D eigenvalue weighted by Crippen LogP contribution is -2.14. The molecule has 2 aromatic rings. The van der Waals surface area contributed by atoms with E-state index in [-0.39, 0.29) is 5.56 Å². The molecule has 1 amide bonds. The Morgan fingerprint density at radius 3 is 2.67 bits per heavy atom. The van der Waals surface area contributed by atoms with Gasteiger partial charge >= 0.3 is 5.97 Å². The Labute approximate surface area is 121 Å². The van der Waals surface area contributed by atoms with Crippen molar-refractivity contribution in [2.24, 2.45) is 0 Å². The van der Waals surface area contributed by atoms with Crippen LogP contribution in [0, 0.1) is 6.92 Å². The Morgan fingerprint density at radius 1 is 1.24 bits per heavy atom. The molecule has 0 atom stereocenters. The molecule has 2 rings (SSSR count). The number of carboxylic acid groups (broad SMARTS) is 1. The van der Waals surface area contributed by atoms with Crippen molar-refractivity contribution in [3.05, 3.63) is 53.3 Å². The van der Waals surface area contributed by atoms with Crippen molar-refractivity contribution in [1.82, 2.24) is 4.98 Å². The summed E-state index contributed by atoms with van der Waals surface area (Å²) in [6.45, 7) is 1.70. The van der Waals surface area contributed by atoms with E-state index in [4.69, 9.17) is 9.84 Å². The molecule has 6 heteroatoms. The van der Waals surface area contributed by atoms with E-state index in [1.165, 1.54) is 31.6 Å². The molecule has 1 aromatic heterocycles. The molecule has 6 nitrogen and oxygen atoms in total. The van der Waals surface area contributed by atoms with Crippen molar-refractivity contribution in [3.8, 4) is 5.75 Å². The molecule has 0 bridgehead atoms. The van der Waals surface area contributed by atoms with E-state index in [1.807, 2.05) is 0 Å². The number of aryl methyl sites for hydroxylation is 1. The molecule has 0 spiro atoms. The lowest BCUT2D eigenvalue weighted by molar-refractivity contribution is 0.0695. The van der Waals surface area contributed by atoms with Crippen LogP contribution in [0.15, 0.2) is 36.7 Å². The molecule has 0 saturated heterocycles. The average Bonchev–Trinajstić information content (AvgIpc) is 2.48. The molecule has 0 saturated carbocycles. The number of hydrogen-bond acceptors (Lipinski definition) is 4. The summed E-state index contributed by atoms with van der Waals surface area (Å²) in [7, 11) is 1.45. The van der Waals surface area contributed by atoms with E-state index in [9.17, 15) is 9.59 Å². The Morgan fingerprint density at radius 2 is 2.00 bits per heavy atom. The molecule has 21 heavy (non-hydrogen) atoms. The molecule has 0 aliphatic rings. The first-order valence-electron chi connectivity index (χ1n) is 6.16. The first-order valence-corrected chi connectivity index (χ1v) is 6.16. The van der Waals surface area contributed by atoms with E-state index in [1.54, 1.807) is 19.1 Å². The minimum absolute atomic E-state index is 0.148. The van der Waals surface area contributed by atoms with E-state index in [0.29, 0.717) is 22.6 Å². The fraction of sp³-hybridized carbons (Fsp3) is 0.133. The molecule has 0 aliphatic heterocycles. The number of benzene rings is 1. The molecule has 0 fully saturated rings. The van der Waals surface area contributed by atoms with Crippen LogP contribution in [0.4, 0.5) is 5.69 Å². The highest BCUT2D eigenvalue weighted by Gasteiger charge is 2.14. The second-order valence-electron chi connectivity index (χ2n) is 4.36. The molecule has 2 N–H and O–H groups in total. The van der Waals surface area contributed by atoms with Gasteiger partial charge in [0.15, 0.2) is 0 Å². The van der Waals surface area contributed by atoms with Gasteiger partial charge in [-0.1, -0.05) is 6.07 Å². The van der Waals surface area contributed by atoms with Crippen LogP contribution in [0.2, 0.25) is 0 Å². The van der Waals surface area contributed by atoms with Crippen LogP contribution < -0.4 is 10.1 Å². The van der Waals surface area contributed by atoms with E-state index < -0.39 is 11.9 Å². The number of nitrogens with zero attached hydrogens (tertiary/aromatic N) is 1. The third-order valence-corrected chi connectivity index (χ3v) is 2.97. The zero-order valence-corrected chi connectivity index (χ0v) is 11.6. The monoisotopic (exact) mass is 286 g/mol. The van der Waals surface area contributed by atoms with Gasteiger partial charge in [0.1, 0.15) is 5.75 Å². The molecular formula is C15H14N2O4. The average molecular weight is 286 g/mol. The van der Waals surface area contributed by atoms with Crippen LogP contribution in [0.5, 0.6) is 5.75 Å². The van der Waals surface area contributed by atoms with E-state index >= 15 is 0 Å². The number of nitrogens with one attached hydrogen (secondary N) is 1. The summed E-state index contributed by atoms with van der Waals surface area (Å²) >= 11 is 0. The number of hydrogen-bond donors (Lipinski definition) is 2. The zero-order chi connectivity index (χ0) is 15.4. The summed E-state index contributed by atoms with van der Waals surface area (Å²) in [5.41, 5.74) is 1.50. The number of carboxylic acids is 1. The summed E-state index contributed by atoms with van der Waals surface area (Å²) in [6, 6.07) is 6.24. The second kappa shape index (κ2) is 6.04.